The molecule has 0 bridgehead atoms. The second kappa shape index (κ2) is 11.7. The zero-order chi connectivity index (χ0) is 20.6. The van der Waals surface area contributed by atoms with Crippen LogP contribution < -0.4 is 10.6 Å². The van der Waals surface area contributed by atoms with E-state index in [0.717, 1.165) is 35.6 Å². The molecule has 0 fully saturated rings. The van der Waals surface area contributed by atoms with Crippen molar-refractivity contribution in [2.24, 2.45) is 4.99 Å². The molecule has 1 aromatic heterocycles. The summed E-state index contributed by atoms with van der Waals surface area (Å²) in [6, 6.07) is 16.8. The molecule has 2 N–H and O–H groups in total. The van der Waals surface area contributed by atoms with E-state index in [2.05, 4.69) is 34.7 Å². The Morgan fingerprint density at radius 2 is 1.77 bits per heavy atom. The Labute approximate surface area is 194 Å². The number of nitrogens with zero attached hydrogens (tertiary/aromatic N) is 3. The largest absolute Gasteiger partial charge is 0.357 e. The van der Waals surface area contributed by atoms with Gasteiger partial charge in [-0.25, -0.2) is 9.38 Å². The SMILES string of the molecule is CCNC(=NCc1cccc(F)c1)NCc1c(C)nn(Cc2ccccc2)c1C.I. The molecule has 2 aromatic carbocycles. The van der Waals surface area contributed by atoms with Crippen LogP contribution in [0.15, 0.2) is 59.6 Å². The molecule has 0 aliphatic rings. The molecule has 0 saturated carbocycles. The molecule has 0 radical (unpaired) electrons. The van der Waals surface area contributed by atoms with E-state index in [1.165, 1.54) is 17.7 Å². The van der Waals surface area contributed by atoms with Crippen LogP contribution in [0.2, 0.25) is 0 Å². The van der Waals surface area contributed by atoms with E-state index in [-0.39, 0.29) is 29.8 Å². The quantitative estimate of drug-likeness (QED) is 0.272. The maximum atomic E-state index is 13.4. The minimum Gasteiger partial charge on any atom is -0.357 e. The van der Waals surface area contributed by atoms with E-state index in [4.69, 9.17) is 5.10 Å². The number of guanidine groups is 1. The van der Waals surface area contributed by atoms with Gasteiger partial charge in [-0.2, -0.15) is 5.10 Å². The second-order valence-electron chi connectivity index (χ2n) is 6.97. The van der Waals surface area contributed by atoms with Crippen LogP contribution in [0.3, 0.4) is 0 Å². The van der Waals surface area contributed by atoms with E-state index in [1.54, 1.807) is 6.07 Å². The molecule has 1 heterocycles. The van der Waals surface area contributed by atoms with Gasteiger partial charge in [0.1, 0.15) is 5.82 Å². The zero-order valence-corrected chi connectivity index (χ0v) is 20.0. The molecular formula is C23H29FIN5. The number of hydrogen-bond acceptors (Lipinski definition) is 2. The molecule has 30 heavy (non-hydrogen) atoms. The van der Waals surface area contributed by atoms with Crippen LogP contribution in [-0.4, -0.2) is 22.3 Å². The highest BCUT2D eigenvalue weighted by atomic mass is 127. The van der Waals surface area contributed by atoms with Crippen molar-refractivity contribution >= 4 is 29.9 Å². The fourth-order valence-electron chi connectivity index (χ4n) is 3.22. The van der Waals surface area contributed by atoms with Crippen LogP contribution in [-0.2, 0) is 19.6 Å². The lowest BCUT2D eigenvalue weighted by Crippen LogP contribution is -2.37. The summed E-state index contributed by atoms with van der Waals surface area (Å²) in [4.78, 5) is 4.57. The molecule has 0 saturated heterocycles. The van der Waals surface area contributed by atoms with Gasteiger partial charge >= 0.3 is 0 Å². The van der Waals surface area contributed by atoms with Gasteiger partial charge in [-0.05, 0) is 44.0 Å². The monoisotopic (exact) mass is 521 g/mol. The summed E-state index contributed by atoms with van der Waals surface area (Å²) in [6.07, 6.45) is 0. The van der Waals surface area contributed by atoms with Crippen molar-refractivity contribution in [3.05, 3.63) is 88.5 Å². The van der Waals surface area contributed by atoms with E-state index in [0.29, 0.717) is 19.0 Å². The molecule has 0 spiro atoms. The number of aromatic nitrogens is 2. The van der Waals surface area contributed by atoms with Gasteiger partial charge in [0, 0.05) is 24.3 Å². The summed E-state index contributed by atoms with van der Waals surface area (Å²) in [5.41, 5.74) is 5.37. The lowest BCUT2D eigenvalue weighted by atomic mass is 10.2. The molecule has 3 rings (SSSR count). The third-order valence-corrected chi connectivity index (χ3v) is 4.79. The van der Waals surface area contributed by atoms with E-state index >= 15 is 0 Å². The first-order chi connectivity index (χ1) is 14.1. The third kappa shape index (κ3) is 6.55. The van der Waals surface area contributed by atoms with Crippen LogP contribution >= 0.6 is 24.0 Å². The topological polar surface area (TPSA) is 54.2 Å². The van der Waals surface area contributed by atoms with Crippen molar-refractivity contribution in [1.82, 2.24) is 20.4 Å². The fourth-order valence-corrected chi connectivity index (χ4v) is 3.22. The van der Waals surface area contributed by atoms with Crippen molar-refractivity contribution in [3.8, 4) is 0 Å². The van der Waals surface area contributed by atoms with E-state index < -0.39 is 0 Å². The maximum absolute atomic E-state index is 13.4. The van der Waals surface area contributed by atoms with Crippen LogP contribution in [0.4, 0.5) is 4.39 Å². The van der Waals surface area contributed by atoms with Gasteiger partial charge in [-0.3, -0.25) is 4.68 Å². The average Bonchev–Trinajstić information content (AvgIpc) is 2.98. The first-order valence-corrected chi connectivity index (χ1v) is 9.90. The molecule has 7 heteroatoms. The summed E-state index contributed by atoms with van der Waals surface area (Å²) >= 11 is 0. The number of aliphatic imine (C=N–C) groups is 1. The average molecular weight is 521 g/mol. The Hall–Kier alpha value is -2.42. The molecule has 5 nitrogen and oxygen atoms in total. The maximum Gasteiger partial charge on any atom is 0.191 e. The Morgan fingerprint density at radius 3 is 2.47 bits per heavy atom. The van der Waals surface area contributed by atoms with Crippen LogP contribution in [0.25, 0.3) is 0 Å². The first kappa shape index (κ1) is 23.9. The van der Waals surface area contributed by atoms with Crippen molar-refractivity contribution < 1.29 is 4.39 Å². The highest BCUT2D eigenvalue weighted by molar-refractivity contribution is 14.0. The van der Waals surface area contributed by atoms with Crippen molar-refractivity contribution in [2.75, 3.05) is 6.54 Å². The Kier molecular flexibility index (Phi) is 9.29. The van der Waals surface area contributed by atoms with Gasteiger partial charge in [0.25, 0.3) is 0 Å². The number of rotatable bonds is 7. The van der Waals surface area contributed by atoms with Gasteiger partial charge < -0.3 is 10.6 Å². The van der Waals surface area contributed by atoms with Crippen molar-refractivity contribution in [2.45, 2.75) is 40.4 Å². The fraction of sp³-hybridized carbons (Fsp3) is 0.304. The molecular weight excluding hydrogens is 492 g/mol. The molecule has 0 amide bonds. The first-order valence-electron chi connectivity index (χ1n) is 9.90. The third-order valence-electron chi connectivity index (χ3n) is 4.79. The van der Waals surface area contributed by atoms with Crippen molar-refractivity contribution in [3.63, 3.8) is 0 Å². The number of aryl methyl sites for hydroxylation is 1. The van der Waals surface area contributed by atoms with Gasteiger partial charge in [-0.15, -0.1) is 24.0 Å². The Morgan fingerprint density at radius 1 is 1.03 bits per heavy atom. The molecule has 160 valence electrons. The summed E-state index contributed by atoms with van der Waals surface area (Å²) < 4.78 is 15.4. The summed E-state index contributed by atoms with van der Waals surface area (Å²) in [5, 5.41) is 11.3. The lowest BCUT2D eigenvalue weighted by Gasteiger charge is -2.12. The lowest BCUT2D eigenvalue weighted by molar-refractivity contribution is 0.625. The number of nitrogens with one attached hydrogen (secondary N) is 2. The van der Waals surface area contributed by atoms with Crippen LogP contribution in [0.5, 0.6) is 0 Å². The van der Waals surface area contributed by atoms with Gasteiger partial charge in [0.2, 0.25) is 0 Å². The number of halogens is 2. The molecule has 0 aliphatic heterocycles. The van der Waals surface area contributed by atoms with Gasteiger partial charge in [0.15, 0.2) is 5.96 Å². The molecule has 0 atom stereocenters. The summed E-state index contributed by atoms with van der Waals surface area (Å²) in [7, 11) is 0. The van der Waals surface area contributed by atoms with Crippen molar-refractivity contribution in [1.29, 1.82) is 0 Å². The molecule has 3 aromatic rings. The highest BCUT2D eigenvalue weighted by Gasteiger charge is 2.12. The minimum absolute atomic E-state index is 0. The predicted molar refractivity (Wildman–Crippen MR) is 131 cm³/mol. The smallest absolute Gasteiger partial charge is 0.191 e. The van der Waals surface area contributed by atoms with Crippen LogP contribution in [0, 0.1) is 19.7 Å². The normalized spacial score (nSPS) is 11.1. The van der Waals surface area contributed by atoms with Gasteiger partial charge in [-0.1, -0.05) is 42.5 Å². The summed E-state index contributed by atoms with van der Waals surface area (Å²) in [6.45, 7) is 8.69. The zero-order valence-electron chi connectivity index (χ0n) is 17.7. The van der Waals surface area contributed by atoms with E-state index in [1.807, 2.05) is 42.8 Å². The number of hydrogen-bond donors (Lipinski definition) is 2. The number of benzene rings is 2. The van der Waals surface area contributed by atoms with E-state index in [9.17, 15) is 4.39 Å². The predicted octanol–water partition coefficient (Wildman–Crippen LogP) is 4.56. The second-order valence-corrected chi connectivity index (χ2v) is 6.97. The minimum atomic E-state index is -0.243. The highest BCUT2D eigenvalue weighted by Crippen LogP contribution is 2.14. The molecule has 0 aliphatic carbocycles. The van der Waals surface area contributed by atoms with Crippen LogP contribution in [0.1, 0.15) is 35.0 Å². The molecule has 0 unspecified atom stereocenters. The Bertz CT molecular complexity index is 969. The standard InChI is InChI=1S/C23H28FN5.HI/c1-4-25-23(26-14-20-11-8-12-21(24)13-20)27-15-22-17(2)28-29(18(22)3)16-19-9-6-5-7-10-19;/h5-13H,4,14-16H2,1-3H3,(H2,25,26,27);1H. The Balaban J connectivity index is 0.00000320. The summed E-state index contributed by atoms with van der Waals surface area (Å²) in [5.74, 6) is 0.458. The van der Waals surface area contributed by atoms with Gasteiger partial charge in [0.05, 0.1) is 18.8 Å².